The Morgan fingerprint density at radius 1 is 1.29 bits per heavy atom. The Hall–Kier alpha value is -0.650. The van der Waals surface area contributed by atoms with Crippen LogP contribution in [0.3, 0.4) is 0 Å². The minimum Gasteiger partial charge on any atom is -0.379 e. The van der Waals surface area contributed by atoms with Gasteiger partial charge in [-0.25, -0.2) is 12.8 Å². The predicted octanol–water partition coefficient (Wildman–Crippen LogP) is 2.99. The van der Waals surface area contributed by atoms with Gasteiger partial charge >= 0.3 is 0 Å². The number of benzene rings is 1. The minimum absolute atomic E-state index is 0. The quantitative estimate of drug-likeness (QED) is 0.203. The normalized spacial score (nSPS) is 12.4. The fourth-order valence-electron chi connectivity index (χ4n) is 2.30. The fraction of sp³-hybridized carbons (Fsp3) is 0.611. The molecule has 0 atom stereocenters. The van der Waals surface area contributed by atoms with Gasteiger partial charge < -0.3 is 15.4 Å². The Kier molecular flexibility index (Phi) is 12.5. The van der Waals surface area contributed by atoms with E-state index in [9.17, 15) is 12.8 Å². The molecule has 0 spiro atoms. The van der Waals surface area contributed by atoms with E-state index in [0.717, 1.165) is 5.56 Å². The van der Waals surface area contributed by atoms with Crippen LogP contribution in [0.25, 0.3) is 0 Å². The number of sulfone groups is 1. The molecule has 1 aromatic rings. The van der Waals surface area contributed by atoms with E-state index in [2.05, 4.69) is 15.6 Å². The van der Waals surface area contributed by atoms with Crippen LogP contribution >= 0.6 is 35.6 Å². The number of hydrogen-bond acceptors (Lipinski definition) is 4. The first-order valence-electron chi connectivity index (χ1n) is 8.78. The number of halogens is 3. The lowest BCUT2D eigenvalue weighted by molar-refractivity contribution is 0.154. The maximum atomic E-state index is 13.3. The summed E-state index contributed by atoms with van der Waals surface area (Å²) in [5.41, 5.74) is 0.452. The number of guanidine groups is 1. The zero-order chi connectivity index (χ0) is 20.5. The molecule has 0 saturated carbocycles. The van der Waals surface area contributed by atoms with Gasteiger partial charge in [-0.1, -0.05) is 31.5 Å². The average molecular weight is 550 g/mol. The third kappa shape index (κ3) is 10.8. The molecular formula is C18H30ClFIN3O3S. The molecule has 0 aliphatic rings. The molecule has 0 heterocycles. The summed E-state index contributed by atoms with van der Waals surface area (Å²) >= 11 is 6.18. The SMILES string of the molecule is CCNC(=NCC(C)(C)c1ccc(F)cc1Cl)NCCOCCS(C)(=O)=O.I. The summed E-state index contributed by atoms with van der Waals surface area (Å²) in [6.45, 7) is 8.12. The fourth-order valence-corrected chi connectivity index (χ4v) is 3.14. The molecule has 10 heteroatoms. The number of nitrogens with one attached hydrogen (secondary N) is 2. The van der Waals surface area contributed by atoms with Gasteiger partial charge in [0.2, 0.25) is 0 Å². The molecule has 6 nitrogen and oxygen atoms in total. The van der Waals surface area contributed by atoms with Crippen LogP contribution in [-0.4, -0.2) is 59.2 Å². The largest absolute Gasteiger partial charge is 0.379 e. The molecule has 0 radical (unpaired) electrons. The summed E-state index contributed by atoms with van der Waals surface area (Å²) in [5, 5.41) is 6.66. The highest BCUT2D eigenvalue weighted by molar-refractivity contribution is 14.0. The van der Waals surface area contributed by atoms with E-state index >= 15 is 0 Å². The molecule has 0 aliphatic carbocycles. The first-order valence-corrected chi connectivity index (χ1v) is 11.2. The second-order valence-corrected chi connectivity index (χ2v) is 9.54. The van der Waals surface area contributed by atoms with Crippen LogP contribution < -0.4 is 10.6 Å². The summed E-state index contributed by atoms with van der Waals surface area (Å²) in [4.78, 5) is 4.57. The summed E-state index contributed by atoms with van der Waals surface area (Å²) in [5.74, 6) is 0.262. The van der Waals surface area contributed by atoms with Crippen molar-refractivity contribution in [1.82, 2.24) is 10.6 Å². The van der Waals surface area contributed by atoms with Crippen molar-refractivity contribution in [3.8, 4) is 0 Å². The van der Waals surface area contributed by atoms with Crippen molar-refractivity contribution in [2.24, 2.45) is 4.99 Å². The molecule has 1 aromatic carbocycles. The molecule has 0 aliphatic heterocycles. The number of aliphatic imine (C=N–C) groups is 1. The van der Waals surface area contributed by atoms with Crippen molar-refractivity contribution in [3.63, 3.8) is 0 Å². The maximum absolute atomic E-state index is 13.3. The number of nitrogens with zero attached hydrogens (tertiary/aromatic N) is 1. The van der Waals surface area contributed by atoms with Crippen molar-refractivity contribution in [2.45, 2.75) is 26.2 Å². The van der Waals surface area contributed by atoms with Gasteiger partial charge in [0.1, 0.15) is 15.7 Å². The summed E-state index contributed by atoms with van der Waals surface area (Å²) in [6, 6.07) is 4.38. The number of rotatable bonds is 10. The number of ether oxygens (including phenoxy) is 1. The minimum atomic E-state index is -3.01. The van der Waals surface area contributed by atoms with Crippen LogP contribution in [0.15, 0.2) is 23.2 Å². The summed E-state index contributed by atoms with van der Waals surface area (Å²) in [6.07, 6.45) is 1.18. The highest BCUT2D eigenvalue weighted by Gasteiger charge is 2.23. The topological polar surface area (TPSA) is 79.8 Å². The predicted molar refractivity (Wildman–Crippen MR) is 124 cm³/mol. The van der Waals surface area contributed by atoms with Crippen molar-refractivity contribution < 1.29 is 17.5 Å². The van der Waals surface area contributed by atoms with E-state index in [-0.39, 0.29) is 47.6 Å². The summed E-state index contributed by atoms with van der Waals surface area (Å²) < 4.78 is 40.7. The average Bonchev–Trinajstić information content (AvgIpc) is 2.54. The summed E-state index contributed by atoms with van der Waals surface area (Å²) in [7, 11) is -3.01. The van der Waals surface area contributed by atoms with E-state index in [0.29, 0.717) is 37.2 Å². The first kappa shape index (κ1) is 27.4. The third-order valence-electron chi connectivity index (χ3n) is 3.77. The highest BCUT2D eigenvalue weighted by Crippen LogP contribution is 2.30. The Balaban J connectivity index is 0.00000729. The second-order valence-electron chi connectivity index (χ2n) is 6.87. The van der Waals surface area contributed by atoms with Gasteiger partial charge in [-0.3, -0.25) is 4.99 Å². The van der Waals surface area contributed by atoms with E-state index < -0.39 is 9.84 Å². The number of hydrogen-bond donors (Lipinski definition) is 2. The second kappa shape index (κ2) is 12.8. The highest BCUT2D eigenvalue weighted by atomic mass is 127. The Morgan fingerprint density at radius 2 is 1.96 bits per heavy atom. The lowest BCUT2D eigenvalue weighted by Crippen LogP contribution is -2.40. The molecule has 0 saturated heterocycles. The Bertz CT molecular complexity index is 746. The molecule has 0 fully saturated rings. The lowest BCUT2D eigenvalue weighted by Gasteiger charge is -2.25. The van der Waals surface area contributed by atoms with Gasteiger partial charge in [0, 0.05) is 29.8 Å². The van der Waals surface area contributed by atoms with E-state index in [4.69, 9.17) is 16.3 Å². The van der Waals surface area contributed by atoms with Crippen LogP contribution in [0.2, 0.25) is 5.02 Å². The van der Waals surface area contributed by atoms with Gasteiger partial charge in [-0.05, 0) is 24.6 Å². The molecule has 0 amide bonds. The molecule has 0 aromatic heterocycles. The molecule has 1 rings (SSSR count). The molecule has 162 valence electrons. The molecule has 28 heavy (non-hydrogen) atoms. The van der Waals surface area contributed by atoms with Gasteiger partial charge in [0.15, 0.2) is 5.96 Å². The molecular weight excluding hydrogens is 520 g/mol. The van der Waals surface area contributed by atoms with Crippen molar-refractivity contribution >= 4 is 51.4 Å². The smallest absolute Gasteiger partial charge is 0.191 e. The van der Waals surface area contributed by atoms with Crippen molar-refractivity contribution in [3.05, 3.63) is 34.6 Å². The van der Waals surface area contributed by atoms with Crippen LogP contribution in [0.4, 0.5) is 4.39 Å². The standard InChI is InChI=1S/C18H29ClFN3O3S.HI/c1-5-21-17(22-8-9-26-10-11-27(4,24)25)23-13-18(2,3)15-7-6-14(20)12-16(15)19;/h6-7,12H,5,8-11,13H2,1-4H3,(H2,21,22,23);1H. The Labute approximate surface area is 189 Å². The zero-order valence-electron chi connectivity index (χ0n) is 16.7. The third-order valence-corrected chi connectivity index (χ3v) is 5.00. The molecule has 2 N–H and O–H groups in total. The molecule has 0 unspecified atom stereocenters. The van der Waals surface area contributed by atoms with Crippen molar-refractivity contribution in [1.29, 1.82) is 0 Å². The van der Waals surface area contributed by atoms with Crippen LogP contribution in [-0.2, 0) is 20.0 Å². The monoisotopic (exact) mass is 549 g/mol. The lowest BCUT2D eigenvalue weighted by atomic mass is 9.84. The van der Waals surface area contributed by atoms with Crippen LogP contribution in [0.5, 0.6) is 0 Å². The van der Waals surface area contributed by atoms with Gasteiger partial charge in [0.05, 0.1) is 25.5 Å². The van der Waals surface area contributed by atoms with Gasteiger partial charge in [0.25, 0.3) is 0 Å². The maximum Gasteiger partial charge on any atom is 0.191 e. The molecule has 0 bridgehead atoms. The first-order chi connectivity index (χ1) is 12.5. The van der Waals surface area contributed by atoms with Crippen molar-refractivity contribution in [2.75, 3.05) is 44.9 Å². The zero-order valence-corrected chi connectivity index (χ0v) is 20.6. The Morgan fingerprint density at radius 3 is 2.54 bits per heavy atom. The van der Waals surface area contributed by atoms with Gasteiger partial charge in [-0.2, -0.15) is 0 Å². The van der Waals surface area contributed by atoms with Crippen LogP contribution in [0.1, 0.15) is 26.3 Å². The van der Waals surface area contributed by atoms with E-state index in [1.54, 1.807) is 6.07 Å². The van der Waals surface area contributed by atoms with Crippen LogP contribution in [0, 0.1) is 5.82 Å². The van der Waals surface area contributed by atoms with Gasteiger partial charge in [-0.15, -0.1) is 24.0 Å². The van der Waals surface area contributed by atoms with E-state index in [1.807, 2.05) is 20.8 Å². The van der Waals surface area contributed by atoms with E-state index in [1.165, 1.54) is 18.4 Å².